The normalized spacial score (nSPS) is 18.7. The van der Waals surface area contributed by atoms with Crippen molar-refractivity contribution in [3.63, 3.8) is 0 Å². The molecule has 1 aliphatic carbocycles. The predicted molar refractivity (Wildman–Crippen MR) is 63.7 cm³/mol. The van der Waals surface area contributed by atoms with E-state index in [1.807, 2.05) is 0 Å². The van der Waals surface area contributed by atoms with Crippen molar-refractivity contribution in [1.82, 2.24) is 5.32 Å². The molecule has 2 unspecified atom stereocenters. The minimum Gasteiger partial charge on any atom is -0.368 e. The molecule has 1 saturated carbocycles. The van der Waals surface area contributed by atoms with Crippen molar-refractivity contribution in [1.29, 1.82) is 0 Å². The molecule has 0 spiro atoms. The zero-order valence-corrected chi connectivity index (χ0v) is 9.82. The Labute approximate surface area is 100 Å². The molecule has 3 nitrogen and oxygen atoms in total. The molecule has 1 amide bonds. The number of hydrogen-bond acceptors (Lipinski definition) is 2. The number of primary amides is 1. The summed E-state index contributed by atoms with van der Waals surface area (Å²) in [6.07, 6.45) is 2.28. The van der Waals surface area contributed by atoms with Crippen LogP contribution < -0.4 is 11.1 Å². The first-order valence-corrected chi connectivity index (χ1v) is 5.89. The molecule has 0 bridgehead atoms. The van der Waals surface area contributed by atoms with Crippen LogP contribution in [0.25, 0.3) is 0 Å². The van der Waals surface area contributed by atoms with Crippen LogP contribution in [0.1, 0.15) is 31.4 Å². The van der Waals surface area contributed by atoms with E-state index in [0.717, 1.165) is 18.4 Å². The van der Waals surface area contributed by atoms with Crippen LogP contribution in [0.15, 0.2) is 24.3 Å². The van der Waals surface area contributed by atoms with Crippen molar-refractivity contribution >= 4 is 5.91 Å². The largest absolute Gasteiger partial charge is 0.368 e. The van der Waals surface area contributed by atoms with Crippen LogP contribution >= 0.6 is 0 Å². The summed E-state index contributed by atoms with van der Waals surface area (Å²) in [6, 6.07) is 6.14. The molecule has 1 fully saturated rings. The first kappa shape index (κ1) is 12.0. The third kappa shape index (κ3) is 3.03. The van der Waals surface area contributed by atoms with Gasteiger partial charge in [0, 0.05) is 6.04 Å². The highest BCUT2D eigenvalue weighted by atomic mass is 19.1. The van der Waals surface area contributed by atoms with E-state index in [1.54, 1.807) is 19.1 Å². The quantitative estimate of drug-likeness (QED) is 0.818. The highest BCUT2D eigenvalue weighted by Crippen LogP contribution is 2.41. The second-order valence-electron chi connectivity index (χ2n) is 4.66. The summed E-state index contributed by atoms with van der Waals surface area (Å²) in [5.41, 5.74) is 6.26. The molecule has 92 valence electrons. The Balaban J connectivity index is 2.12. The van der Waals surface area contributed by atoms with Gasteiger partial charge in [0.2, 0.25) is 5.91 Å². The first-order chi connectivity index (χ1) is 8.08. The maximum Gasteiger partial charge on any atom is 0.234 e. The minimum atomic E-state index is -0.370. The van der Waals surface area contributed by atoms with Crippen LogP contribution in [0.3, 0.4) is 0 Å². The van der Waals surface area contributed by atoms with Gasteiger partial charge in [0.15, 0.2) is 0 Å². The van der Waals surface area contributed by atoms with Gasteiger partial charge in [-0.2, -0.15) is 0 Å². The minimum absolute atomic E-state index is 0.0955. The lowest BCUT2D eigenvalue weighted by molar-refractivity contribution is -0.119. The Kier molecular flexibility index (Phi) is 3.43. The van der Waals surface area contributed by atoms with E-state index < -0.39 is 0 Å². The maximum absolute atomic E-state index is 12.9. The maximum atomic E-state index is 12.9. The molecule has 3 N–H and O–H groups in total. The summed E-state index contributed by atoms with van der Waals surface area (Å²) in [5, 5.41) is 3.22. The van der Waals surface area contributed by atoms with Gasteiger partial charge in [0.05, 0.1) is 6.04 Å². The van der Waals surface area contributed by atoms with E-state index in [2.05, 4.69) is 5.32 Å². The summed E-state index contributed by atoms with van der Waals surface area (Å²) < 4.78 is 12.9. The fourth-order valence-corrected chi connectivity index (χ4v) is 1.96. The van der Waals surface area contributed by atoms with E-state index in [9.17, 15) is 9.18 Å². The lowest BCUT2D eigenvalue weighted by Crippen LogP contribution is -2.41. The average molecular weight is 236 g/mol. The van der Waals surface area contributed by atoms with Gasteiger partial charge < -0.3 is 5.73 Å². The molecule has 4 heteroatoms. The fraction of sp³-hybridized carbons (Fsp3) is 0.462. The van der Waals surface area contributed by atoms with Crippen molar-refractivity contribution in [2.24, 2.45) is 11.7 Å². The van der Waals surface area contributed by atoms with Crippen molar-refractivity contribution in [2.75, 3.05) is 0 Å². The van der Waals surface area contributed by atoms with Crippen molar-refractivity contribution in [3.05, 3.63) is 35.6 Å². The average Bonchev–Trinajstić information content (AvgIpc) is 3.10. The molecular weight excluding hydrogens is 219 g/mol. The third-order valence-corrected chi connectivity index (χ3v) is 3.18. The van der Waals surface area contributed by atoms with Gasteiger partial charge in [0.25, 0.3) is 0 Å². The van der Waals surface area contributed by atoms with Crippen LogP contribution in [0.5, 0.6) is 0 Å². The number of hydrogen-bond donors (Lipinski definition) is 2. The number of halogens is 1. The molecule has 1 aliphatic rings. The number of carbonyl (C=O) groups excluding carboxylic acids is 1. The van der Waals surface area contributed by atoms with Gasteiger partial charge in [-0.15, -0.1) is 0 Å². The number of amides is 1. The van der Waals surface area contributed by atoms with Gasteiger partial charge in [-0.25, -0.2) is 4.39 Å². The summed E-state index contributed by atoms with van der Waals surface area (Å²) in [5.74, 6) is -0.0775. The smallest absolute Gasteiger partial charge is 0.234 e. The Bertz CT molecular complexity index is 400. The number of rotatable bonds is 5. The Morgan fingerprint density at radius 1 is 1.41 bits per heavy atom. The molecule has 0 heterocycles. The zero-order chi connectivity index (χ0) is 12.4. The van der Waals surface area contributed by atoms with E-state index in [4.69, 9.17) is 5.73 Å². The molecule has 17 heavy (non-hydrogen) atoms. The van der Waals surface area contributed by atoms with E-state index in [1.165, 1.54) is 12.1 Å². The monoisotopic (exact) mass is 236 g/mol. The molecule has 2 rings (SSSR count). The predicted octanol–water partition coefficient (Wildman–Crippen LogP) is 1.74. The van der Waals surface area contributed by atoms with Gasteiger partial charge >= 0.3 is 0 Å². The number of carbonyl (C=O) groups is 1. The second kappa shape index (κ2) is 4.84. The third-order valence-electron chi connectivity index (χ3n) is 3.18. The van der Waals surface area contributed by atoms with E-state index >= 15 is 0 Å². The molecular formula is C13H17FN2O. The van der Waals surface area contributed by atoms with Crippen LogP contribution in [-0.2, 0) is 4.79 Å². The Morgan fingerprint density at radius 3 is 2.47 bits per heavy atom. The summed E-state index contributed by atoms with van der Waals surface area (Å²) in [6.45, 7) is 1.75. The standard InChI is InChI=1S/C13H17FN2O/c1-8(13(15)17)16-12(9-2-3-9)10-4-6-11(14)7-5-10/h4-9,12,16H,2-3H2,1H3,(H2,15,17). The topological polar surface area (TPSA) is 55.1 Å². The SMILES string of the molecule is CC(NC(c1ccc(F)cc1)C1CC1)C(N)=O. The first-order valence-electron chi connectivity index (χ1n) is 5.89. The lowest BCUT2D eigenvalue weighted by atomic mass is 10.0. The highest BCUT2D eigenvalue weighted by Gasteiger charge is 2.33. The molecule has 0 aromatic heterocycles. The van der Waals surface area contributed by atoms with Crippen molar-refractivity contribution in [3.8, 4) is 0 Å². The molecule has 0 saturated heterocycles. The number of nitrogens with one attached hydrogen (secondary N) is 1. The van der Waals surface area contributed by atoms with Gasteiger partial charge in [-0.05, 0) is 43.4 Å². The lowest BCUT2D eigenvalue weighted by Gasteiger charge is -2.22. The van der Waals surface area contributed by atoms with Crippen LogP contribution in [-0.4, -0.2) is 11.9 Å². The molecule has 1 aromatic rings. The van der Waals surface area contributed by atoms with E-state index in [0.29, 0.717) is 5.92 Å². The summed E-state index contributed by atoms with van der Waals surface area (Å²) in [7, 11) is 0. The van der Waals surface area contributed by atoms with Gasteiger partial charge in [-0.3, -0.25) is 10.1 Å². The van der Waals surface area contributed by atoms with Crippen molar-refractivity contribution in [2.45, 2.75) is 31.8 Å². The summed E-state index contributed by atoms with van der Waals surface area (Å²) >= 11 is 0. The van der Waals surface area contributed by atoms with Gasteiger partial charge in [-0.1, -0.05) is 12.1 Å². The van der Waals surface area contributed by atoms with Crippen molar-refractivity contribution < 1.29 is 9.18 Å². The molecule has 2 atom stereocenters. The Morgan fingerprint density at radius 2 is 2.00 bits per heavy atom. The molecule has 0 aliphatic heterocycles. The van der Waals surface area contributed by atoms with Crippen LogP contribution in [0.2, 0.25) is 0 Å². The van der Waals surface area contributed by atoms with E-state index in [-0.39, 0.29) is 23.8 Å². The van der Waals surface area contributed by atoms with Gasteiger partial charge in [0.1, 0.15) is 5.82 Å². The Hall–Kier alpha value is -1.42. The van der Waals surface area contributed by atoms with Crippen LogP contribution in [0.4, 0.5) is 4.39 Å². The zero-order valence-electron chi connectivity index (χ0n) is 9.82. The molecule has 1 aromatic carbocycles. The molecule has 0 radical (unpaired) electrons. The summed E-state index contributed by atoms with van der Waals surface area (Å²) in [4.78, 5) is 11.1. The number of nitrogens with two attached hydrogens (primary N) is 1. The fourth-order valence-electron chi connectivity index (χ4n) is 1.96. The van der Waals surface area contributed by atoms with Crippen LogP contribution in [0, 0.1) is 11.7 Å². The highest BCUT2D eigenvalue weighted by molar-refractivity contribution is 5.79. The number of benzene rings is 1. The second-order valence-corrected chi connectivity index (χ2v) is 4.66.